The number of aryl methyl sites for hydroxylation is 1. The highest BCUT2D eigenvalue weighted by atomic mass is 32.2. The highest BCUT2D eigenvalue weighted by molar-refractivity contribution is 7.88. The number of hydrogen-bond donors (Lipinski definition) is 6. The summed E-state index contributed by atoms with van der Waals surface area (Å²) in [7, 11) is 0. The summed E-state index contributed by atoms with van der Waals surface area (Å²) in [6, 6.07) is 5.28. The number of rotatable bonds is 13. The van der Waals surface area contributed by atoms with Crippen molar-refractivity contribution in [3.8, 4) is 5.75 Å². The molecule has 1 aromatic heterocycles. The monoisotopic (exact) mass is 706 g/mol. The van der Waals surface area contributed by atoms with Crippen LogP contribution in [0.5, 0.6) is 5.75 Å². The second-order valence-electron chi connectivity index (χ2n) is 12.6. The molecule has 5 rings (SSSR count). The number of aliphatic carboxylic acids is 1. The zero-order chi connectivity index (χ0) is 35.3. The Morgan fingerprint density at radius 2 is 2.15 bits per heavy atom. The van der Waals surface area contributed by atoms with Crippen molar-refractivity contribution in [2.75, 3.05) is 18.8 Å². The summed E-state index contributed by atoms with van der Waals surface area (Å²) in [4.78, 5) is 48.0. The number of thiazole rings is 1. The molecular formula is C30H42N8O8S2. The van der Waals surface area contributed by atoms with Gasteiger partial charge in [0.05, 0.1) is 17.6 Å². The lowest BCUT2D eigenvalue weighted by molar-refractivity contribution is -0.213. The number of amides is 2. The normalized spacial score (nSPS) is 24.0. The van der Waals surface area contributed by atoms with Crippen LogP contribution in [0.15, 0.2) is 33.7 Å². The van der Waals surface area contributed by atoms with Gasteiger partial charge in [-0.1, -0.05) is 5.16 Å². The number of hydrogen-bond acceptors (Lipinski definition) is 15. The molecular weight excluding hydrogens is 665 g/mol. The van der Waals surface area contributed by atoms with Gasteiger partial charge in [-0.15, -0.1) is 11.3 Å². The number of carbonyl (C=O) groups is 3. The van der Waals surface area contributed by atoms with Crippen molar-refractivity contribution >= 4 is 58.6 Å². The van der Waals surface area contributed by atoms with E-state index in [-0.39, 0.29) is 23.8 Å². The minimum Gasteiger partial charge on any atom is -0.485 e. The zero-order valence-corrected chi connectivity index (χ0v) is 29.0. The topological polar surface area (TPSA) is 236 Å². The van der Waals surface area contributed by atoms with E-state index >= 15 is 0 Å². The summed E-state index contributed by atoms with van der Waals surface area (Å²) in [5.41, 5.74) is 11.9. The predicted octanol–water partition coefficient (Wildman–Crippen LogP) is 2.33. The van der Waals surface area contributed by atoms with E-state index in [9.17, 15) is 19.5 Å². The first kappa shape index (κ1) is 36.9. The SMILES string of the molecule is C/C(=N\OC(C)(C(=O)O)C1CCc2cc(C3=NCC(C)(CCCN)N3)ccc2O1)c1csc(N)n1.CC1(C)C(NC=O)C(=O)N1OSO. The van der Waals surface area contributed by atoms with Crippen LogP contribution in [-0.2, 0) is 29.9 Å². The largest absolute Gasteiger partial charge is 0.485 e. The summed E-state index contributed by atoms with van der Waals surface area (Å²) in [5.74, 6) is -0.0315. The van der Waals surface area contributed by atoms with Crippen molar-refractivity contribution in [1.82, 2.24) is 20.7 Å². The average Bonchev–Trinajstić information content (AvgIpc) is 3.69. The number of benzene rings is 1. The number of amidine groups is 1. The van der Waals surface area contributed by atoms with E-state index in [2.05, 4.69) is 38.0 Å². The summed E-state index contributed by atoms with van der Waals surface area (Å²) < 4.78 is 19.1. The van der Waals surface area contributed by atoms with Crippen LogP contribution >= 0.6 is 23.7 Å². The Morgan fingerprint density at radius 3 is 2.75 bits per heavy atom. The second-order valence-corrected chi connectivity index (χ2v) is 13.8. The van der Waals surface area contributed by atoms with Crippen LogP contribution in [0.2, 0.25) is 0 Å². The van der Waals surface area contributed by atoms with E-state index in [4.69, 9.17) is 30.6 Å². The number of carboxylic acid groups (broad SMARTS) is 1. The van der Waals surface area contributed by atoms with Crippen LogP contribution in [0.3, 0.4) is 0 Å². The first-order valence-corrected chi connectivity index (χ1v) is 16.8. The number of fused-ring (bicyclic) bond motifs is 1. The van der Waals surface area contributed by atoms with Gasteiger partial charge < -0.3 is 41.3 Å². The first-order valence-electron chi connectivity index (χ1n) is 15.2. The van der Waals surface area contributed by atoms with Crippen LogP contribution in [0.4, 0.5) is 5.13 Å². The predicted molar refractivity (Wildman–Crippen MR) is 181 cm³/mol. The van der Waals surface area contributed by atoms with E-state index < -0.39 is 29.3 Å². The molecule has 262 valence electrons. The molecule has 48 heavy (non-hydrogen) atoms. The first-order chi connectivity index (χ1) is 22.7. The lowest BCUT2D eigenvalue weighted by Crippen LogP contribution is -2.75. The lowest BCUT2D eigenvalue weighted by Gasteiger charge is -2.50. The maximum absolute atomic E-state index is 12.2. The molecule has 1 saturated heterocycles. The summed E-state index contributed by atoms with van der Waals surface area (Å²) in [5, 5.41) is 23.1. The molecule has 18 heteroatoms. The fourth-order valence-electron chi connectivity index (χ4n) is 5.50. The maximum Gasteiger partial charge on any atom is 0.354 e. The molecule has 0 bridgehead atoms. The molecule has 4 atom stereocenters. The van der Waals surface area contributed by atoms with Crippen LogP contribution in [-0.4, -0.2) is 91.5 Å². The number of anilines is 1. The Labute approximate surface area is 286 Å². The number of carbonyl (C=O) groups excluding carboxylic acids is 2. The highest BCUT2D eigenvalue weighted by Crippen LogP contribution is 2.35. The third-order valence-corrected chi connectivity index (χ3v) is 9.43. The van der Waals surface area contributed by atoms with Gasteiger partial charge in [-0.2, -0.15) is 9.35 Å². The molecule has 3 aliphatic heterocycles. The van der Waals surface area contributed by atoms with Crippen molar-refractivity contribution in [3.05, 3.63) is 40.4 Å². The molecule has 1 aromatic carbocycles. The van der Waals surface area contributed by atoms with Crippen LogP contribution < -0.4 is 26.8 Å². The molecule has 1 fully saturated rings. The molecule has 0 spiro atoms. The number of carboxylic acids is 1. The smallest absolute Gasteiger partial charge is 0.354 e. The number of nitrogen functional groups attached to an aromatic ring is 1. The molecule has 2 aromatic rings. The van der Waals surface area contributed by atoms with Gasteiger partial charge in [0.25, 0.3) is 11.5 Å². The van der Waals surface area contributed by atoms with Crippen molar-refractivity contribution in [3.63, 3.8) is 0 Å². The van der Waals surface area contributed by atoms with Crippen LogP contribution in [0, 0.1) is 0 Å². The van der Waals surface area contributed by atoms with Gasteiger partial charge in [0.1, 0.15) is 29.0 Å². The molecule has 0 radical (unpaired) electrons. The number of β-lactam (4-membered cyclic amide) rings is 1. The Bertz CT molecular complexity index is 1570. The van der Waals surface area contributed by atoms with Crippen LogP contribution in [0.25, 0.3) is 0 Å². The molecule has 2 amide bonds. The minimum atomic E-state index is -1.68. The van der Waals surface area contributed by atoms with Crippen molar-refractivity contribution in [2.24, 2.45) is 15.9 Å². The number of aromatic nitrogens is 1. The molecule has 8 N–H and O–H groups in total. The fourth-order valence-corrected chi connectivity index (χ4v) is 6.44. The Hall–Kier alpha value is -3.97. The number of hydroxylamine groups is 2. The number of oxime groups is 1. The second kappa shape index (κ2) is 15.1. The summed E-state index contributed by atoms with van der Waals surface area (Å²) in [6.07, 6.45) is 2.74. The summed E-state index contributed by atoms with van der Waals surface area (Å²) >= 11 is 1.38. The number of nitrogens with one attached hydrogen (secondary N) is 2. The van der Waals surface area contributed by atoms with Gasteiger partial charge in [-0.05, 0) is 90.6 Å². The molecule has 0 aliphatic carbocycles. The molecule has 16 nitrogen and oxygen atoms in total. The fraction of sp³-hybridized carbons (Fsp3) is 0.533. The van der Waals surface area contributed by atoms with E-state index in [0.29, 0.717) is 54.6 Å². The van der Waals surface area contributed by atoms with Crippen LogP contribution in [0.1, 0.15) is 70.7 Å². The minimum absolute atomic E-state index is 0.0875. The molecule has 4 unspecified atom stereocenters. The third kappa shape index (κ3) is 7.84. The van der Waals surface area contributed by atoms with Gasteiger partial charge in [0.2, 0.25) is 6.41 Å². The standard InChI is InChI=1S/C24H32N6O4S.C6H10N2O4S/c1-14(17-12-35-22(26)28-17)30-34-24(3,21(31)32)19-8-6-15-11-16(5-7-18(15)33-19)20-27-13-23(2,29-20)9-4-10-25;1-6(2)4(7-3-9)5(10)8(6)12-13-11/h5,7,11-12,19H,4,6,8-10,13,25H2,1-3H3,(H2,26,28)(H,27,29)(H,31,32);3-4,11H,1-2H3,(H,7,9)/b30-14+;. The zero-order valence-electron chi connectivity index (χ0n) is 27.4. The third-order valence-electron chi connectivity index (χ3n) is 8.54. The highest BCUT2D eigenvalue weighted by Gasteiger charge is 2.56. The van der Waals surface area contributed by atoms with E-state index in [1.165, 1.54) is 18.3 Å². The number of nitrogens with zero attached hydrogens (tertiary/aromatic N) is 4. The van der Waals surface area contributed by atoms with Gasteiger partial charge in [-0.25, -0.2) is 9.78 Å². The van der Waals surface area contributed by atoms with Crippen molar-refractivity contribution < 1.29 is 37.9 Å². The van der Waals surface area contributed by atoms with Gasteiger partial charge >= 0.3 is 5.97 Å². The van der Waals surface area contributed by atoms with Gasteiger partial charge in [-0.3, -0.25) is 14.6 Å². The number of nitrogens with two attached hydrogens (primary N) is 2. The number of aliphatic imine (C=N–C) groups is 1. The van der Waals surface area contributed by atoms with Crippen molar-refractivity contribution in [2.45, 2.75) is 89.1 Å². The van der Waals surface area contributed by atoms with E-state index in [1.807, 2.05) is 12.1 Å². The molecule has 3 aliphatic rings. The van der Waals surface area contributed by atoms with E-state index in [0.717, 1.165) is 34.9 Å². The van der Waals surface area contributed by atoms with Crippen molar-refractivity contribution in [1.29, 1.82) is 0 Å². The lowest BCUT2D eigenvalue weighted by atomic mass is 9.85. The summed E-state index contributed by atoms with van der Waals surface area (Å²) in [6.45, 7) is 10.1. The molecule has 0 saturated carbocycles. The van der Waals surface area contributed by atoms with E-state index in [1.54, 1.807) is 26.2 Å². The quantitative estimate of drug-likeness (QED) is 0.0577. The number of ether oxygens (including phenoxy) is 1. The van der Waals surface area contributed by atoms with Gasteiger partial charge in [0.15, 0.2) is 23.6 Å². The Kier molecular flexibility index (Phi) is 11.6. The Morgan fingerprint density at radius 1 is 1.40 bits per heavy atom. The average molecular weight is 707 g/mol. The van der Waals surface area contributed by atoms with Gasteiger partial charge in [0, 0.05) is 10.9 Å². The maximum atomic E-state index is 12.2. The molecule has 4 heterocycles. The Balaban J connectivity index is 0.000000336.